The van der Waals surface area contributed by atoms with Gasteiger partial charge in [0.1, 0.15) is 0 Å². The monoisotopic (exact) mass is 296 g/mol. The summed E-state index contributed by atoms with van der Waals surface area (Å²) >= 11 is 3.15. The molecule has 0 bridgehead atoms. The summed E-state index contributed by atoms with van der Waals surface area (Å²) in [7, 11) is 0. The maximum absolute atomic E-state index is 11.0. The third-order valence-electron chi connectivity index (χ3n) is 2.89. The van der Waals surface area contributed by atoms with Crippen molar-refractivity contribution in [1.82, 2.24) is 4.98 Å². The van der Waals surface area contributed by atoms with Crippen molar-refractivity contribution in [3.05, 3.63) is 32.0 Å². The smallest absolute Gasteiger partial charge is 0.355 e. The molecule has 1 atom stereocenters. The number of thiazole rings is 1. The molecule has 0 spiro atoms. The van der Waals surface area contributed by atoms with E-state index in [0.29, 0.717) is 5.13 Å². The van der Waals surface area contributed by atoms with Crippen LogP contribution >= 0.6 is 22.7 Å². The van der Waals surface area contributed by atoms with Gasteiger partial charge in [0.2, 0.25) is 0 Å². The van der Waals surface area contributed by atoms with Gasteiger partial charge >= 0.3 is 5.97 Å². The molecule has 6 heteroatoms. The first kappa shape index (κ1) is 14.0. The molecule has 2 rings (SSSR count). The lowest BCUT2D eigenvalue weighted by Crippen LogP contribution is -2.07. The van der Waals surface area contributed by atoms with Gasteiger partial charge in [-0.1, -0.05) is 0 Å². The van der Waals surface area contributed by atoms with Crippen LogP contribution in [0.4, 0.5) is 5.13 Å². The Morgan fingerprint density at radius 2 is 2.00 bits per heavy atom. The first-order valence-electron chi connectivity index (χ1n) is 5.92. The Labute approximate surface area is 120 Å². The molecule has 0 fully saturated rings. The van der Waals surface area contributed by atoms with Crippen LogP contribution in [-0.4, -0.2) is 16.1 Å². The van der Waals surface area contributed by atoms with Crippen molar-refractivity contribution >= 4 is 33.8 Å². The number of carboxylic acids is 1. The van der Waals surface area contributed by atoms with E-state index in [1.165, 1.54) is 26.7 Å². The molecule has 0 aromatic carbocycles. The summed E-state index contributed by atoms with van der Waals surface area (Å²) in [5.41, 5.74) is 1.38. The molecule has 0 aliphatic heterocycles. The van der Waals surface area contributed by atoms with E-state index in [-0.39, 0.29) is 11.7 Å². The summed E-state index contributed by atoms with van der Waals surface area (Å²) in [6.07, 6.45) is 0. The largest absolute Gasteiger partial charge is 0.476 e. The van der Waals surface area contributed by atoms with Crippen molar-refractivity contribution in [2.24, 2.45) is 0 Å². The fraction of sp³-hybridized carbons (Fsp3) is 0.385. The second-order valence-corrected chi connectivity index (χ2v) is 7.13. The minimum atomic E-state index is -0.975. The zero-order valence-corrected chi connectivity index (χ0v) is 12.9. The standard InChI is InChI=1S/C13H16N2O2S2/c1-6-5-10(8(3)18-6)7(2)14-13-15-11(12(16)17)9(4)19-13/h5,7H,1-4H3,(H,14,15)(H,16,17). The van der Waals surface area contributed by atoms with Crippen LogP contribution in [0.1, 0.15) is 43.6 Å². The molecule has 0 aliphatic carbocycles. The fourth-order valence-electron chi connectivity index (χ4n) is 2.00. The highest BCUT2D eigenvalue weighted by molar-refractivity contribution is 7.15. The van der Waals surface area contributed by atoms with Crippen LogP contribution in [0.3, 0.4) is 0 Å². The van der Waals surface area contributed by atoms with E-state index in [0.717, 1.165) is 4.88 Å². The lowest BCUT2D eigenvalue weighted by atomic mass is 10.1. The van der Waals surface area contributed by atoms with E-state index in [4.69, 9.17) is 5.11 Å². The molecular weight excluding hydrogens is 280 g/mol. The van der Waals surface area contributed by atoms with E-state index in [2.05, 4.69) is 37.1 Å². The number of aryl methyl sites for hydroxylation is 3. The van der Waals surface area contributed by atoms with Gasteiger partial charge in [-0.2, -0.15) is 0 Å². The molecule has 2 aromatic heterocycles. The van der Waals surface area contributed by atoms with Gasteiger partial charge in [0, 0.05) is 14.6 Å². The molecule has 2 aromatic rings. The Hall–Kier alpha value is -1.40. The minimum Gasteiger partial charge on any atom is -0.476 e. The Kier molecular flexibility index (Phi) is 3.91. The summed E-state index contributed by atoms with van der Waals surface area (Å²) in [5, 5.41) is 12.9. The highest BCUT2D eigenvalue weighted by Crippen LogP contribution is 2.30. The van der Waals surface area contributed by atoms with Crippen molar-refractivity contribution in [2.75, 3.05) is 5.32 Å². The number of thiophene rings is 1. The summed E-state index contributed by atoms with van der Waals surface area (Å²) in [6.45, 7) is 8.02. The van der Waals surface area contributed by atoms with Crippen LogP contribution in [0.25, 0.3) is 0 Å². The van der Waals surface area contributed by atoms with Crippen LogP contribution < -0.4 is 5.32 Å². The molecule has 0 aliphatic rings. The van der Waals surface area contributed by atoms with Crippen LogP contribution in [0.2, 0.25) is 0 Å². The highest BCUT2D eigenvalue weighted by atomic mass is 32.1. The molecule has 0 amide bonds. The van der Waals surface area contributed by atoms with Crippen molar-refractivity contribution in [2.45, 2.75) is 33.7 Å². The summed E-state index contributed by atoms with van der Waals surface area (Å²) in [4.78, 5) is 18.4. The average Bonchev–Trinajstić information content (AvgIpc) is 2.81. The van der Waals surface area contributed by atoms with Crippen LogP contribution in [0, 0.1) is 20.8 Å². The summed E-state index contributed by atoms with van der Waals surface area (Å²) in [6, 6.07) is 2.29. The lowest BCUT2D eigenvalue weighted by Gasteiger charge is -2.12. The van der Waals surface area contributed by atoms with Crippen molar-refractivity contribution in [3.63, 3.8) is 0 Å². The molecule has 102 valence electrons. The third-order valence-corrected chi connectivity index (χ3v) is 4.77. The predicted octanol–water partition coefficient (Wildman–Crippen LogP) is 4.00. The minimum absolute atomic E-state index is 0.122. The quantitative estimate of drug-likeness (QED) is 0.895. The lowest BCUT2D eigenvalue weighted by molar-refractivity contribution is 0.0690. The predicted molar refractivity (Wildman–Crippen MR) is 79.6 cm³/mol. The average molecular weight is 296 g/mol. The van der Waals surface area contributed by atoms with Crippen molar-refractivity contribution < 1.29 is 9.90 Å². The second-order valence-electron chi connectivity index (χ2n) is 4.46. The van der Waals surface area contributed by atoms with Gasteiger partial charge in [-0.3, -0.25) is 0 Å². The zero-order chi connectivity index (χ0) is 14.2. The number of hydrogen-bond donors (Lipinski definition) is 2. The van der Waals surface area contributed by atoms with Gasteiger partial charge in [-0.25, -0.2) is 9.78 Å². The number of carbonyl (C=O) groups is 1. The Bertz CT molecular complexity index is 616. The molecule has 4 nitrogen and oxygen atoms in total. The molecule has 0 radical (unpaired) electrons. The SMILES string of the molecule is Cc1cc(C(C)Nc2nc(C(=O)O)c(C)s2)c(C)s1. The molecule has 2 heterocycles. The normalized spacial score (nSPS) is 12.4. The van der Waals surface area contributed by atoms with Gasteiger partial charge < -0.3 is 10.4 Å². The highest BCUT2D eigenvalue weighted by Gasteiger charge is 2.17. The third kappa shape index (κ3) is 2.96. The second kappa shape index (κ2) is 5.30. The van der Waals surface area contributed by atoms with E-state index in [9.17, 15) is 4.79 Å². The van der Waals surface area contributed by atoms with Crippen molar-refractivity contribution in [3.8, 4) is 0 Å². The summed E-state index contributed by atoms with van der Waals surface area (Å²) in [5.74, 6) is -0.975. The number of rotatable bonds is 4. The molecular formula is C13H16N2O2S2. The van der Waals surface area contributed by atoms with E-state index in [1.807, 2.05) is 0 Å². The van der Waals surface area contributed by atoms with Gasteiger partial charge in [-0.05, 0) is 39.3 Å². The first-order valence-corrected chi connectivity index (χ1v) is 7.56. The number of anilines is 1. The molecule has 19 heavy (non-hydrogen) atoms. The molecule has 2 N–H and O–H groups in total. The zero-order valence-electron chi connectivity index (χ0n) is 11.3. The van der Waals surface area contributed by atoms with Gasteiger partial charge in [0.25, 0.3) is 0 Å². The number of nitrogens with zero attached hydrogens (tertiary/aromatic N) is 1. The number of aromatic carboxylic acids is 1. The van der Waals surface area contributed by atoms with Crippen molar-refractivity contribution in [1.29, 1.82) is 0 Å². The first-order chi connectivity index (χ1) is 8.88. The Morgan fingerprint density at radius 3 is 2.47 bits per heavy atom. The van der Waals surface area contributed by atoms with E-state index >= 15 is 0 Å². The van der Waals surface area contributed by atoms with Gasteiger partial charge in [0.15, 0.2) is 10.8 Å². The van der Waals surface area contributed by atoms with Crippen LogP contribution in [0.5, 0.6) is 0 Å². The molecule has 0 saturated heterocycles. The Morgan fingerprint density at radius 1 is 1.32 bits per heavy atom. The number of carboxylic acid groups (broad SMARTS) is 1. The number of aromatic nitrogens is 1. The van der Waals surface area contributed by atoms with E-state index < -0.39 is 5.97 Å². The maximum Gasteiger partial charge on any atom is 0.355 e. The molecule has 0 saturated carbocycles. The topological polar surface area (TPSA) is 62.2 Å². The van der Waals surface area contributed by atoms with Crippen LogP contribution in [0.15, 0.2) is 6.07 Å². The van der Waals surface area contributed by atoms with Gasteiger partial charge in [0.05, 0.1) is 6.04 Å². The fourth-order valence-corrected chi connectivity index (χ4v) is 3.91. The van der Waals surface area contributed by atoms with Gasteiger partial charge in [-0.15, -0.1) is 22.7 Å². The maximum atomic E-state index is 11.0. The van der Waals surface area contributed by atoms with E-state index in [1.54, 1.807) is 18.3 Å². The summed E-state index contributed by atoms with van der Waals surface area (Å²) < 4.78 is 0. The number of nitrogens with one attached hydrogen (secondary N) is 1. The Balaban J connectivity index is 2.19. The number of hydrogen-bond acceptors (Lipinski definition) is 5. The van der Waals surface area contributed by atoms with Crippen LogP contribution in [-0.2, 0) is 0 Å². The molecule has 1 unspecified atom stereocenters.